The van der Waals surface area contributed by atoms with Crippen LogP contribution in [0.25, 0.3) is 26.9 Å². The average Bonchev–Trinajstić information content (AvgIpc) is 3.07. The molecule has 1 aromatic carbocycles. The van der Waals surface area contributed by atoms with E-state index in [-0.39, 0.29) is 11.3 Å². The van der Waals surface area contributed by atoms with Crippen LogP contribution in [0.4, 0.5) is 5.69 Å². The molecule has 0 unspecified atom stereocenters. The predicted molar refractivity (Wildman–Crippen MR) is 122 cm³/mol. The number of fused-ring (bicyclic) bond motifs is 1. The molecule has 1 fully saturated rings. The van der Waals surface area contributed by atoms with Gasteiger partial charge >= 0.3 is 0 Å². The monoisotopic (exact) mass is 441 g/mol. The van der Waals surface area contributed by atoms with Gasteiger partial charge in [-0.25, -0.2) is 13.3 Å². The topological polar surface area (TPSA) is 56.3 Å². The first-order chi connectivity index (χ1) is 14.2. The average molecular weight is 442 g/mol. The summed E-state index contributed by atoms with van der Waals surface area (Å²) in [5.41, 5.74) is 5.32. The van der Waals surface area contributed by atoms with Crippen LogP contribution in [0.1, 0.15) is 42.9 Å². The lowest BCUT2D eigenvalue weighted by molar-refractivity contribution is 0.360. The Balaban J connectivity index is 1.86. The van der Waals surface area contributed by atoms with Gasteiger partial charge in [0.15, 0.2) is 5.69 Å². The fourth-order valence-corrected chi connectivity index (χ4v) is 5.84. The molecule has 0 amide bonds. The van der Waals surface area contributed by atoms with Crippen LogP contribution >= 0.6 is 11.6 Å². The third-order valence-corrected chi connectivity index (χ3v) is 8.44. The molecule has 3 aromatic rings. The van der Waals surface area contributed by atoms with Crippen molar-refractivity contribution in [3.8, 4) is 11.1 Å². The summed E-state index contributed by atoms with van der Waals surface area (Å²) in [5, 5.41) is 1.39. The van der Waals surface area contributed by atoms with Crippen LogP contribution in [0.5, 0.6) is 0 Å². The van der Waals surface area contributed by atoms with Gasteiger partial charge in [-0.05, 0) is 68.2 Å². The molecule has 1 saturated carbocycles. The van der Waals surface area contributed by atoms with E-state index in [9.17, 15) is 8.42 Å². The number of benzene rings is 1. The van der Waals surface area contributed by atoms with Crippen molar-refractivity contribution in [3.05, 3.63) is 58.3 Å². The molecule has 5 nitrogen and oxygen atoms in total. The van der Waals surface area contributed by atoms with E-state index in [0.717, 1.165) is 46.0 Å². The summed E-state index contributed by atoms with van der Waals surface area (Å²) < 4.78 is 26.2. The fourth-order valence-electron chi connectivity index (χ4n) is 4.51. The highest BCUT2D eigenvalue weighted by atomic mass is 35.5. The molecule has 1 aliphatic carbocycles. The Kier molecular flexibility index (Phi) is 5.37. The van der Waals surface area contributed by atoms with Gasteiger partial charge in [0.1, 0.15) is 9.84 Å². The van der Waals surface area contributed by atoms with Crippen LogP contribution in [0.15, 0.2) is 30.7 Å². The van der Waals surface area contributed by atoms with E-state index in [4.69, 9.17) is 18.2 Å². The molecule has 1 aliphatic rings. The molecule has 0 aliphatic heterocycles. The molecule has 0 spiro atoms. The highest BCUT2D eigenvalue weighted by molar-refractivity contribution is 7.91. The van der Waals surface area contributed by atoms with Crippen LogP contribution < -0.4 is 0 Å². The van der Waals surface area contributed by atoms with Gasteiger partial charge in [-0.15, -0.1) is 0 Å². The number of hydrogen-bond donors (Lipinski definition) is 0. The third kappa shape index (κ3) is 3.61. The van der Waals surface area contributed by atoms with Crippen molar-refractivity contribution >= 4 is 38.0 Å². The second kappa shape index (κ2) is 7.72. The molecule has 0 saturated heterocycles. The normalized spacial score (nSPS) is 19.7. The van der Waals surface area contributed by atoms with Crippen molar-refractivity contribution in [1.29, 1.82) is 0 Å². The van der Waals surface area contributed by atoms with Gasteiger partial charge in [0.2, 0.25) is 0 Å². The first-order valence-electron chi connectivity index (χ1n) is 10.0. The minimum atomic E-state index is -3.01. The Labute approximate surface area is 182 Å². The summed E-state index contributed by atoms with van der Waals surface area (Å²) in [7, 11) is -3.01. The number of sulfone groups is 1. The van der Waals surface area contributed by atoms with Gasteiger partial charge < -0.3 is 4.57 Å². The third-order valence-electron chi connectivity index (χ3n) is 6.26. The summed E-state index contributed by atoms with van der Waals surface area (Å²) in [4.78, 5) is 8.01. The maximum absolute atomic E-state index is 12.0. The van der Waals surface area contributed by atoms with Crippen LogP contribution in [0.3, 0.4) is 0 Å². The SMILES string of the molecule is [C-]#[N+]c1cc2c(-c3cncc(C)c3Cl)cn(C3CCC(S(C)(=O)=O)CC3)c2cc1C. The molecule has 2 aromatic heterocycles. The zero-order valence-electron chi connectivity index (χ0n) is 17.3. The lowest BCUT2D eigenvalue weighted by Crippen LogP contribution is -2.27. The largest absolute Gasteiger partial charge is 0.344 e. The second-order valence-electron chi connectivity index (χ2n) is 8.30. The maximum Gasteiger partial charge on any atom is 0.190 e. The zero-order chi connectivity index (χ0) is 21.6. The van der Waals surface area contributed by atoms with Crippen LogP contribution in [-0.4, -0.2) is 29.5 Å². The van der Waals surface area contributed by atoms with Gasteiger partial charge in [-0.1, -0.05) is 11.6 Å². The highest BCUT2D eigenvalue weighted by Gasteiger charge is 2.30. The van der Waals surface area contributed by atoms with Gasteiger partial charge in [0, 0.05) is 47.5 Å². The number of nitrogens with zero attached hydrogens (tertiary/aromatic N) is 3. The van der Waals surface area contributed by atoms with Crippen molar-refractivity contribution in [1.82, 2.24) is 9.55 Å². The molecule has 4 rings (SSSR count). The lowest BCUT2D eigenvalue weighted by atomic mass is 9.94. The quantitative estimate of drug-likeness (QED) is 0.464. The Bertz CT molecular complexity index is 1280. The summed E-state index contributed by atoms with van der Waals surface area (Å²) in [6.07, 6.45) is 9.91. The minimum Gasteiger partial charge on any atom is -0.344 e. The molecular weight excluding hydrogens is 418 g/mol. The zero-order valence-corrected chi connectivity index (χ0v) is 18.9. The van der Waals surface area contributed by atoms with E-state index >= 15 is 0 Å². The lowest BCUT2D eigenvalue weighted by Gasteiger charge is -2.29. The first-order valence-corrected chi connectivity index (χ1v) is 12.4. The van der Waals surface area contributed by atoms with E-state index < -0.39 is 9.84 Å². The van der Waals surface area contributed by atoms with Crippen LogP contribution in [0.2, 0.25) is 5.02 Å². The number of hydrogen-bond acceptors (Lipinski definition) is 3. The minimum absolute atomic E-state index is 0.217. The molecule has 0 atom stereocenters. The van der Waals surface area contributed by atoms with E-state index in [1.54, 1.807) is 12.4 Å². The molecule has 30 heavy (non-hydrogen) atoms. The van der Waals surface area contributed by atoms with Gasteiger partial charge in [0.05, 0.1) is 16.8 Å². The van der Waals surface area contributed by atoms with E-state index in [1.807, 2.05) is 19.9 Å². The Hall–Kier alpha value is -2.36. The number of rotatable bonds is 3. The molecule has 0 bridgehead atoms. The van der Waals surface area contributed by atoms with Crippen molar-refractivity contribution < 1.29 is 8.42 Å². The molecule has 0 N–H and O–H groups in total. The van der Waals surface area contributed by atoms with Gasteiger partial charge in [0.25, 0.3) is 0 Å². The summed E-state index contributed by atoms with van der Waals surface area (Å²) in [5.74, 6) is 0. The Morgan fingerprint density at radius 3 is 2.43 bits per heavy atom. The Morgan fingerprint density at radius 1 is 1.10 bits per heavy atom. The van der Waals surface area contributed by atoms with Crippen LogP contribution in [0, 0.1) is 20.4 Å². The molecular formula is C23H24ClN3O2S. The van der Waals surface area contributed by atoms with Gasteiger partial charge in [-0.2, -0.15) is 0 Å². The first kappa shape index (κ1) is 20.9. The standard InChI is InChI=1S/C23H24ClN3O2S/c1-14-9-22-18(10-21(14)25-3)20(19-12-26-11-15(2)23(19)24)13-27(22)16-5-7-17(8-6-16)30(4,28)29/h9-13,16-17H,5-8H2,1-2,4H3. The molecule has 0 radical (unpaired) electrons. The fraction of sp³-hybridized carbons (Fsp3) is 0.391. The van der Waals surface area contributed by atoms with Gasteiger partial charge in [-0.3, -0.25) is 4.98 Å². The number of aromatic nitrogens is 2. The van der Waals surface area contributed by atoms with E-state index in [1.165, 1.54) is 6.26 Å². The summed E-state index contributed by atoms with van der Waals surface area (Å²) in [6.45, 7) is 11.4. The maximum atomic E-state index is 12.0. The highest BCUT2D eigenvalue weighted by Crippen LogP contribution is 2.42. The summed E-state index contributed by atoms with van der Waals surface area (Å²) in [6, 6.07) is 4.21. The predicted octanol–water partition coefficient (Wildman–Crippen LogP) is 6.05. The number of aryl methyl sites for hydroxylation is 2. The van der Waals surface area contributed by atoms with Crippen molar-refractivity contribution in [2.45, 2.75) is 50.8 Å². The van der Waals surface area contributed by atoms with Crippen LogP contribution in [-0.2, 0) is 9.84 Å². The number of pyridine rings is 1. The second-order valence-corrected chi connectivity index (χ2v) is 11.0. The van der Waals surface area contributed by atoms with E-state index in [0.29, 0.717) is 23.6 Å². The van der Waals surface area contributed by atoms with Crippen molar-refractivity contribution in [3.63, 3.8) is 0 Å². The smallest absolute Gasteiger partial charge is 0.190 e. The van der Waals surface area contributed by atoms with Crippen molar-refractivity contribution in [2.75, 3.05) is 6.26 Å². The molecule has 2 heterocycles. The molecule has 7 heteroatoms. The molecule has 156 valence electrons. The van der Waals surface area contributed by atoms with Crippen molar-refractivity contribution in [2.24, 2.45) is 0 Å². The Morgan fingerprint density at radius 2 is 1.80 bits per heavy atom. The number of halogens is 1. The summed E-state index contributed by atoms with van der Waals surface area (Å²) >= 11 is 6.62. The van der Waals surface area contributed by atoms with E-state index in [2.05, 4.69) is 26.7 Å².